The summed E-state index contributed by atoms with van der Waals surface area (Å²) < 4.78 is 3.54. The van der Waals surface area contributed by atoms with E-state index in [1.54, 1.807) is 29.3 Å². The maximum atomic E-state index is 12.6. The van der Waals surface area contributed by atoms with Crippen LogP contribution in [0.5, 0.6) is 0 Å². The van der Waals surface area contributed by atoms with Crippen molar-refractivity contribution in [3.05, 3.63) is 71.8 Å². The molecule has 0 bridgehead atoms. The average Bonchev–Trinajstić information content (AvgIpc) is 3.29. The second-order valence-corrected chi connectivity index (χ2v) is 5.98. The van der Waals surface area contributed by atoms with Crippen molar-refractivity contribution >= 4 is 11.6 Å². The van der Waals surface area contributed by atoms with Gasteiger partial charge in [0.2, 0.25) is 0 Å². The van der Waals surface area contributed by atoms with Gasteiger partial charge in [-0.2, -0.15) is 5.10 Å². The highest BCUT2D eigenvalue weighted by Crippen LogP contribution is 2.12. The number of rotatable bonds is 4. The predicted molar refractivity (Wildman–Crippen MR) is 95.0 cm³/mol. The third-order valence-electron chi connectivity index (χ3n) is 4.02. The summed E-state index contributed by atoms with van der Waals surface area (Å²) in [6.07, 6.45) is 6.89. The number of pyridine rings is 1. The summed E-state index contributed by atoms with van der Waals surface area (Å²) in [6, 6.07) is 7.34. The van der Waals surface area contributed by atoms with Crippen LogP contribution in [0, 0.1) is 13.8 Å². The van der Waals surface area contributed by atoms with Crippen molar-refractivity contribution in [2.24, 2.45) is 0 Å². The van der Waals surface area contributed by atoms with Crippen LogP contribution in [0.2, 0.25) is 0 Å². The van der Waals surface area contributed by atoms with Gasteiger partial charge >= 0.3 is 0 Å². The summed E-state index contributed by atoms with van der Waals surface area (Å²) in [5.74, 6) is 0.492. The number of aryl methyl sites for hydroxylation is 2. The Labute approximate surface area is 149 Å². The topological polar surface area (TPSA) is 90.0 Å². The van der Waals surface area contributed by atoms with Gasteiger partial charge < -0.3 is 5.32 Å². The van der Waals surface area contributed by atoms with Gasteiger partial charge in [0, 0.05) is 42.5 Å². The number of imidazole rings is 1. The standard InChI is InChI=1S/C18H17N7O/c1-12-8-16-22-15(9-13(2)25(16)23-12)18(26)21-10-14-4-3-5-20-17(14)24-7-6-19-11-24/h3-9,11H,10H2,1-2H3,(H,21,26). The maximum Gasteiger partial charge on any atom is 0.270 e. The van der Waals surface area contributed by atoms with Crippen molar-refractivity contribution in [3.8, 4) is 5.82 Å². The minimum atomic E-state index is -0.241. The van der Waals surface area contributed by atoms with Gasteiger partial charge in [-0.1, -0.05) is 6.07 Å². The van der Waals surface area contributed by atoms with E-state index in [1.165, 1.54) is 0 Å². The highest BCUT2D eigenvalue weighted by atomic mass is 16.1. The van der Waals surface area contributed by atoms with E-state index in [1.807, 2.05) is 42.8 Å². The molecule has 0 saturated heterocycles. The molecular weight excluding hydrogens is 330 g/mol. The van der Waals surface area contributed by atoms with Crippen LogP contribution in [0.4, 0.5) is 0 Å². The molecule has 26 heavy (non-hydrogen) atoms. The lowest BCUT2D eigenvalue weighted by atomic mass is 10.2. The second kappa shape index (κ2) is 6.40. The first-order valence-corrected chi connectivity index (χ1v) is 8.16. The van der Waals surface area contributed by atoms with Crippen LogP contribution < -0.4 is 5.32 Å². The Kier molecular flexibility index (Phi) is 3.92. The minimum Gasteiger partial charge on any atom is -0.346 e. The number of carbonyl (C=O) groups excluding carboxylic acids is 1. The number of carbonyl (C=O) groups is 1. The Morgan fingerprint density at radius 1 is 1.23 bits per heavy atom. The van der Waals surface area contributed by atoms with Gasteiger partial charge in [-0.3, -0.25) is 9.36 Å². The van der Waals surface area contributed by atoms with E-state index < -0.39 is 0 Å². The smallest absolute Gasteiger partial charge is 0.270 e. The Hall–Kier alpha value is -3.55. The summed E-state index contributed by atoms with van der Waals surface area (Å²) in [7, 11) is 0. The van der Waals surface area contributed by atoms with E-state index in [0.29, 0.717) is 17.9 Å². The highest BCUT2D eigenvalue weighted by Gasteiger charge is 2.13. The highest BCUT2D eigenvalue weighted by molar-refractivity contribution is 5.92. The van der Waals surface area contributed by atoms with Crippen molar-refractivity contribution < 1.29 is 4.79 Å². The summed E-state index contributed by atoms with van der Waals surface area (Å²) >= 11 is 0. The zero-order valence-corrected chi connectivity index (χ0v) is 14.4. The fourth-order valence-electron chi connectivity index (χ4n) is 2.81. The number of nitrogens with one attached hydrogen (secondary N) is 1. The summed E-state index contributed by atoms with van der Waals surface area (Å²) in [6.45, 7) is 4.13. The van der Waals surface area contributed by atoms with Crippen LogP contribution in [0.3, 0.4) is 0 Å². The molecule has 0 aliphatic heterocycles. The first-order chi connectivity index (χ1) is 12.6. The lowest BCUT2D eigenvalue weighted by Gasteiger charge is -2.10. The predicted octanol–water partition coefficient (Wildman–Crippen LogP) is 1.86. The van der Waals surface area contributed by atoms with Gasteiger partial charge in [-0.15, -0.1) is 0 Å². The minimum absolute atomic E-state index is 0.241. The van der Waals surface area contributed by atoms with E-state index in [0.717, 1.165) is 22.8 Å². The number of fused-ring (bicyclic) bond motifs is 1. The largest absolute Gasteiger partial charge is 0.346 e. The van der Waals surface area contributed by atoms with Crippen molar-refractivity contribution in [2.75, 3.05) is 0 Å². The van der Waals surface area contributed by atoms with E-state index >= 15 is 0 Å². The fraction of sp³-hybridized carbons (Fsp3) is 0.167. The zero-order valence-electron chi connectivity index (χ0n) is 14.4. The monoisotopic (exact) mass is 347 g/mol. The van der Waals surface area contributed by atoms with E-state index in [4.69, 9.17) is 0 Å². The molecule has 0 radical (unpaired) electrons. The Balaban J connectivity index is 1.57. The maximum absolute atomic E-state index is 12.6. The summed E-state index contributed by atoms with van der Waals surface area (Å²) in [5.41, 5.74) is 3.63. The Morgan fingerprint density at radius 3 is 2.92 bits per heavy atom. The zero-order chi connectivity index (χ0) is 18.1. The fourth-order valence-corrected chi connectivity index (χ4v) is 2.81. The molecule has 0 saturated carbocycles. The first-order valence-electron chi connectivity index (χ1n) is 8.16. The van der Waals surface area contributed by atoms with Crippen LogP contribution in [0.25, 0.3) is 11.5 Å². The summed E-state index contributed by atoms with van der Waals surface area (Å²) in [4.78, 5) is 25.4. The van der Waals surface area contributed by atoms with E-state index in [2.05, 4.69) is 25.4 Å². The number of hydrogen-bond donors (Lipinski definition) is 1. The molecule has 130 valence electrons. The second-order valence-electron chi connectivity index (χ2n) is 5.98. The molecule has 0 aliphatic rings. The normalized spacial score (nSPS) is 11.0. The first kappa shape index (κ1) is 15.9. The van der Waals surface area contributed by atoms with Gasteiger partial charge in [0.15, 0.2) is 5.65 Å². The van der Waals surface area contributed by atoms with Crippen LogP contribution in [0.15, 0.2) is 49.2 Å². The van der Waals surface area contributed by atoms with Crippen molar-refractivity contribution in [2.45, 2.75) is 20.4 Å². The molecule has 0 unspecified atom stereocenters. The van der Waals surface area contributed by atoms with Crippen molar-refractivity contribution in [1.29, 1.82) is 0 Å². The van der Waals surface area contributed by atoms with Crippen LogP contribution >= 0.6 is 0 Å². The summed E-state index contributed by atoms with van der Waals surface area (Å²) in [5, 5.41) is 7.26. The average molecular weight is 347 g/mol. The number of aromatic nitrogens is 6. The molecule has 0 fully saturated rings. The third-order valence-corrected chi connectivity index (χ3v) is 4.02. The Morgan fingerprint density at radius 2 is 2.12 bits per heavy atom. The number of nitrogens with zero attached hydrogens (tertiary/aromatic N) is 6. The van der Waals surface area contributed by atoms with Gasteiger partial charge in [0.05, 0.1) is 5.69 Å². The Bertz CT molecular complexity index is 1080. The number of hydrogen-bond acceptors (Lipinski definition) is 5. The molecule has 1 N–H and O–H groups in total. The molecule has 0 aromatic carbocycles. The SMILES string of the molecule is Cc1cc2nc(C(=O)NCc3cccnc3-n3ccnc3)cc(C)n2n1. The van der Waals surface area contributed by atoms with Crippen LogP contribution in [-0.4, -0.2) is 35.0 Å². The molecule has 0 spiro atoms. The molecule has 8 nitrogen and oxygen atoms in total. The molecule has 4 heterocycles. The lowest BCUT2D eigenvalue weighted by molar-refractivity contribution is 0.0946. The van der Waals surface area contributed by atoms with Crippen molar-refractivity contribution in [1.82, 2.24) is 34.4 Å². The molecule has 4 aromatic rings. The lowest BCUT2D eigenvalue weighted by Crippen LogP contribution is -2.25. The molecule has 4 aromatic heterocycles. The molecular formula is C18H17N7O. The van der Waals surface area contributed by atoms with Gasteiger partial charge in [-0.05, 0) is 26.0 Å². The van der Waals surface area contributed by atoms with E-state index in [9.17, 15) is 4.79 Å². The van der Waals surface area contributed by atoms with Crippen LogP contribution in [-0.2, 0) is 6.54 Å². The van der Waals surface area contributed by atoms with Gasteiger partial charge in [-0.25, -0.2) is 19.5 Å². The molecule has 1 amide bonds. The number of amides is 1. The molecule has 8 heteroatoms. The van der Waals surface area contributed by atoms with E-state index in [-0.39, 0.29) is 5.91 Å². The molecule has 0 aliphatic carbocycles. The van der Waals surface area contributed by atoms with Crippen LogP contribution in [0.1, 0.15) is 27.4 Å². The van der Waals surface area contributed by atoms with Crippen molar-refractivity contribution in [3.63, 3.8) is 0 Å². The third kappa shape index (κ3) is 2.92. The van der Waals surface area contributed by atoms with Gasteiger partial charge in [0.25, 0.3) is 5.91 Å². The molecule has 4 rings (SSSR count). The quantitative estimate of drug-likeness (QED) is 0.608. The molecule has 0 atom stereocenters. The van der Waals surface area contributed by atoms with Gasteiger partial charge in [0.1, 0.15) is 17.8 Å².